The fraction of sp³-hybridized carbons (Fsp3) is 0.200. The van der Waals surface area contributed by atoms with Crippen molar-refractivity contribution >= 4 is 16.9 Å². The van der Waals surface area contributed by atoms with Crippen LogP contribution in [0, 0.1) is 11.6 Å². The Morgan fingerprint density at radius 3 is 2.50 bits per heavy atom. The molecule has 2 aromatic rings. The molecule has 2 rings (SSSR count). The van der Waals surface area contributed by atoms with E-state index >= 15 is 0 Å². The first kappa shape index (κ1) is 10.5. The molecule has 1 heterocycles. The van der Waals surface area contributed by atoms with Crippen molar-refractivity contribution in [3.05, 3.63) is 34.1 Å². The highest BCUT2D eigenvalue weighted by molar-refractivity contribution is 5.78. The van der Waals surface area contributed by atoms with E-state index in [2.05, 4.69) is 9.97 Å². The standard InChI is InChI=1S/C10H9F2N3O/c1-15(2)10-13-8-4-7(12)6(11)3-5(8)9(16)14-10/h3-4H,1-2H3,(H,13,14,16). The highest BCUT2D eigenvalue weighted by atomic mass is 19.2. The van der Waals surface area contributed by atoms with Crippen molar-refractivity contribution in [2.45, 2.75) is 0 Å². The molecule has 0 fully saturated rings. The Balaban J connectivity index is 2.82. The third-order valence-electron chi connectivity index (χ3n) is 2.16. The Kier molecular flexibility index (Phi) is 2.34. The molecule has 0 amide bonds. The number of nitrogens with one attached hydrogen (secondary N) is 1. The summed E-state index contributed by atoms with van der Waals surface area (Å²) >= 11 is 0. The van der Waals surface area contributed by atoms with Gasteiger partial charge >= 0.3 is 0 Å². The molecule has 16 heavy (non-hydrogen) atoms. The van der Waals surface area contributed by atoms with Crippen LogP contribution in [0.3, 0.4) is 0 Å². The zero-order valence-electron chi connectivity index (χ0n) is 8.71. The molecule has 4 nitrogen and oxygen atoms in total. The van der Waals surface area contributed by atoms with Crippen molar-refractivity contribution in [1.29, 1.82) is 0 Å². The van der Waals surface area contributed by atoms with Crippen molar-refractivity contribution in [3.8, 4) is 0 Å². The van der Waals surface area contributed by atoms with Crippen LogP contribution < -0.4 is 10.5 Å². The minimum Gasteiger partial charge on any atom is -0.348 e. The second-order valence-corrected chi connectivity index (χ2v) is 3.57. The highest BCUT2D eigenvalue weighted by Crippen LogP contribution is 2.14. The Hall–Kier alpha value is -1.98. The summed E-state index contributed by atoms with van der Waals surface area (Å²) in [4.78, 5) is 19.6. The molecule has 0 radical (unpaired) electrons. The lowest BCUT2D eigenvalue weighted by atomic mass is 10.2. The van der Waals surface area contributed by atoms with E-state index in [1.807, 2.05) is 0 Å². The molecular formula is C10H9F2N3O. The zero-order chi connectivity index (χ0) is 11.9. The number of rotatable bonds is 1. The molecule has 0 spiro atoms. The van der Waals surface area contributed by atoms with Gasteiger partial charge in [-0.2, -0.15) is 0 Å². The van der Waals surface area contributed by atoms with Crippen LogP contribution >= 0.6 is 0 Å². The number of benzene rings is 1. The van der Waals surface area contributed by atoms with E-state index in [-0.39, 0.29) is 10.9 Å². The van der Waals surface area contributed by atoms with Crippen LogP contribution in [-0.4, -0.2) is 24.1 Å². The summed E-state index contributed by atoms with van der Waals surface area (Å²) in [6, 6.07) is 1.75. The molecule has 0 saturated carbocycles. The van der Waals surface area contributed by atoms with Gasteiger partial charge < -0.3 is 4.90 Å². The van der Waals surface area contributed by atoms with Crippen LogP contribution in [0.2, 0.25) is 0 Å². The SMILES string of the molecule is CN(C)c1nc2cc(F)c(F)cc2c(=O)[nH]1. The van der Waals surface area contributed by atoms with Crippen LogP contribution in [0.25, 0.3) is 10.9 Å². The molecule has 0 unspecified atom stereocenters. The van der Waals surface area contributed by atoms with E-state index in [9.17, 15) is 13.6 Å². The average molecular weight is 225 g/mol. The third-order valence-corrected chi connectivity index (χ3v) is 2.16. The number of aromatic amines is 1. The van der Waals surface area contributed by atoms with E-state index in [4.69, 9.17) is 0 Å². The number of fused-ring (bicyclic) bond motifs is 1. The lowest BCUT2D eigenvalue weighted by molar-refractivity contribution is 0.510. The van der Waals surface area contributed by atoms with Gasteiger partial charge in [-0.15, -0.1) is 0 Å². The van der Waals surface area contributed by atoms with Gasteiger partial charge in [-0.3, -0.25) is 9.78 Å². The summed E-state index contributed by atoms with van der Waals surface area (Å²) in [5.41, 5.74) is -0.362. The Morgan fingerprint density at radius 2 is 1.88 bits per heavy atom. The van der Waals surface area contributed by atoms with Crippen LogP contribution in [0.15, 0.2) is 16.9 Å². The summed E-state index contributed by atoms with van der Waals surface area (Å²) in [5, 5.41) is 0.0319. The maximum atomic E-state index is 13.0. The molecule has 0 bridgehead atoms. The highest BCUT2D eigenvalue weighted by Gasteiger charge is 2.10. The summed E-state index contributed by atoms with van der Waals surface area (Å²) < 4.78 is 25.9. The van der Waals surface area contributed by atoms with E-state index in [1.54, 1.807) is 19.0 Å². The van der Waals surface area contributed by atoms with Gasteiger partial charge in [0.05, 0.1) is 10.9 Å². The third kappa shape index (κ3) is 1.62. The first-order valence-corrected chi connectivity index (χ1v) is 4.55. The Morgan fingerprint density at radius 1 is 1.25 bits per heavy atom. The molecule has 0 atom stereocenters. The number of halogens is 2. The summed E-state index contributed by atoms with van der Waals surface area (Å²) in [5.74, 6) is -1.78. The van der Waals surface area contributed by atoms with Crippen LogP contribution in [0.4, 0.5) is 14.7 Å². The predicted octanol–water partition coefficient (Wildman–Crippen LogP) is 1.27. The number of aromatic nitrogens is 2. The van der Waals surface area contributed by atoms with Gasteiger partial charge in [-0.25, -0.2) is 13.8 Å². The van der Waals surface area contributed by atoms with Crippen molar-refractivity contribution in [1.82, 2.24) is 9.97 Å². The monoisotopic (exact) mass is 225 g/mol. The van der Waals surface area contributed by atoms with E-state index in [0.29, 0.717) is 5.95 Å². The normalized spacial score (nSPS) is 10.8. The first-order valence-electron chi connectivity index (χ1n) is 4.55. The fourth-order valence-corrected chi connectivity index (χ4v) is 1.33. The molecule has 84 valence electrons. The summed E-state index contributed by atoms with van der Waals surface area (Å²) in [6.45, 7) is 0. The lowest BCUT2D eigenvalue weighted by Crippen LogP contribution is -2.19. The summed E-state index contributed by atoms with van der Waals surface area (Å²) in [6.07, 6.45) is 0. The molecular weight excluding hydrogens is 216 g/mol. The van der Waals surface area contributed by atoms with Crippen molar-refractivity contribution in [2.24, 2.45) is 0 Å². The molecule has 1 N–H and O–H groups in total. The van der Waals surface area contributed by atoms with Gasteiger partial charge in [0, 0.05) is 20.2 Å². The van der Waals surface area contributed by atoms with Crippen LogP contribution in [0.5, 0.6) is 0 Å². The zero-order valence-corrected chi connectivity index (χ0v) is 8.71. The predicted molar refractivity (Wildman–Crippen MR) is 56.6 cm³/mol. The van der Waals surface area contributed by atoms with Crippen molar-refractivity contribution in [2.75, 3.05) is 19.0 Å². The molecule has 0 aliphatic carbocycles. The van der Waals surface area contributed by atoms with E-state index < -0.39 is 17.2 Å². The smallest absolute Gasteiger partial charge is 0.260 e. The van der Waals surface area contributed by atoms with Gasteiger partial charge in [-0.1, -0.05) is 0 Å². The fourth-order valence-electron chi connectivity index (χ4n) is 1.33. The van der Waals surface area contributed by atoms with E-state index in [0.717, 1.165) is 12.1 Å². The molecule has 0 aliphatic heterocycles. The second-order valence-electron chi connectivity index (χ2n) is 3.57. The minimum absolute atomic E-state index is 0.0319. The van der Waals surface area contributed by atoms with Gasteiger partial charge in [0.25, 0.3) is 5.56 Å². The molecule has 1 aromatic heterocycles. The maximum absolute atomic E-state index is 13.0. The van der Waals surface area contributed by atoms with Crippen LogP contribution in [-0.2, 0) is 0 Å². The van der Waals surface area contributed by atoms with Gasteiger partial charge in [0.15, 0.2) is 11.6 Å². The first-order chi connectivity index (χ1) is 7.49. The number of H-pyrrole nitrogens is 1. The van der Waals surface area contributed by atoms with Gasteiger partial charge in [0.1, 0.15) is 0 Å². The maximum Gasteiger partial charge on any atom is 0.260 e. The topological polar surface area (TPSA) is 49.0 Å². The molecule has 0 saturated heterocycles. The number of anilines is 1. The van der Waals surface area contributed by atoms with Crippen molar-refractivity contribution < 1.29 is 8.78 Å². The molecule has 6 heteroatoms. The van der Waals surface area contributed by atoms with Crippen molar-refractivity contribution in [3.63, 3.8) is 0 Å². The van der Waals surface area contributed by atoms with Gasteiger partial charge in [0.2, 0.25) is 5.95 Å². The molecule has 1 aromatic carbocycles. The lowest BCUT2D eigenvalue weighted by Gasteiger charge is -2.10. The molecule has 0 aliphatic rings. The van der Waals surface area contributed by atoms with Gasteiger partial charge in [-0.05, 0) is 6.07 Å². The minimum atomic E-state index is -1.06. The quantitative estimate of drug-likeness (QED) is 0.795. The van der Waals surface area contributed by atoms with E-state index in [1.165, 1.54) is 0 Å². The Labute approximate surface area is 89.5 Å². The largest absolute Gasteiger partial charge is 0.348 e. The number of hydrogen-bond acceptors (Lipinski definition) is 3. The number of nitrogens with zero attached hydrogens (tertiary/aromatic N) is 2. The average Bonchev–Trinajstić information content (AvgIpc) is 2.20. The second kappa shape index (κ2) is 3.55. The Bertz CT molecular complexity index is 607. The summed E-state index contributed by atoms with van der Waals surface area (Å²) in [7, 11) is 3.37. The van der Waals surface area contributed by atoms with Crippen LogP contribution in [0.1, 0.15) is 0 Å². The number of hydrogen-bond donors (Lipinski definition) is 1.